The molecule has 0 spiro atoms. The number of primary amides is 1. The van der Waals surface area contributed by atoms with Crippen molar-refractivity contribution in [3.8, 4) is 0 Å². The molecule has 6 nitrogen and oxygen atoms in total. The molecule has 2 N–H and O–H groups in total. The summed E-state index contributed by atoms with van der Waals surface area (Å²) in [7, 11) is 0. The number of nitrogens with two attached hydrogens (primary N) is 1. The molecule has 0 aromatic heterocycles. The summed E-state index contributed by atoms with van der Waals surface area (Å²) in [6.07, 6.45) is 8.75. The van der Waals surface area contributed by atoms with Gasteiger partial charge in [0.15, 0.2) is 11.6 Å². The normalized spacial score (nSPS) is 47.1. The number of allylic oxidation sites excluding steroid dienone is 4. The van der Waals surface area contributed by atoms with Crippen molar-refractivity contribution < 1.29 is 19.1 Å². The molecule has 1 amide bonds. The third-order valence-electron chi connectivity index (χ3n) is 11.7. The maximum atomic E-state index is 14.2. The molecule has 5 aliphatic carbocycles. The Kier molecular flexibility index (Phi) is 5.30. The monoisotopic (exact) mass is 492 g/mol. The van der Waals surface area contributed by atoms with Crippen LogP contribution in [0.4, 0.5) is 4.79 Å². The van der Waals surface area contributed by atoms with E-state index in [1.165, 1.54) is 0 Å². The quantitative estimate of drug-likeness (QED) is 0.453. The van der Waals surface area contributed by atoms with Crippen LogP contribution in [0.1, 0.15) is 86.5 Å². The van der Waals surface area contributed by atoms with Gasteiger partial charge in [0.2, 0.25) is 5.70 Å². The molecule has 0 aliphatic heterocycles. The highest BCUT2D eigenvalue weighted by Gasteiger charge is 2.69. The first kappa shape index (κ1) is 25.2. The zero-order valence-corrected chi connectivity index (χ0v) is 22.6. The average Bonchev–Trinajstić information content (AvgIpc) is 2.78. The van der Waals surface area contributed by atoms with Crippen LogP contribution in [0.25, 0.3) is 4.85 Å². The number of nitrogens with zero attached hydrogens (tertiary/aromatic N) is 1. The van der Waals surface area contributed by atoms with E-state index in [1.54, 1.807) is 0 Å². The van der Waals surface area contributed by atoms with E-state index in [-0.39, 0.29) is 57.2 Å². The number of Topliss-reactive ketones (excluding diaryl/α,β-unsaturated/α-hetero) is 1. The Morgan fingerprint density at radius 1 is 1.06 bits per heavy atom. The van der Waals surface area contributed by atoms with E-state index in [1.807, 2.05) is 19.1 Å². The molecule has 6 heteroatoms. The summed E-state index contributed by atoms with van der Waals surface area (Å²) in [5.74, 6) is -0.464. The highest BCUT2D eigenvalue weighted by Crippen LogP contribution is 2.72. The van der Waals surface area contributed by atoms with Crippen LogP contribution in [0.5, 0.6) is 0 Å². The lowest BCUT2D eigenvalue weighted by Gasteiger charge is -2.68. The first-order valence-corrected chi connectivity index (χ1v) is 13.5. The lowest BCUT2D eigenvalue weighted by Crippen LogP contribution is -2.66. The Hall–Kier alpha value is -2.42. The number of rotatable bonds is 1. The van der Waals surface area contributed by atoms with Gasteiger partial charge in [-0.15, -0.1) is 0 Å². The van der Waals surface area contributed by atoms with Crippen LogP contribution < -0.4 is 5.73 Å². The second-order valence-corrected chi connectivity index (χ2v) is 13.9. The number of amides is 1. The number of fused-ring (bicyclic) bond motifs is 7. The summed E-state index contributed by atoms with van der Waals surface area (Å²) in [6.45, 7) is 20.8. The van der Waals surface area contributed by atoms with Crippen LogP contribution in [0.2, 0.25) is 0 Å². The first-order chi connectivity index (χ1) is 16.6. The fraction of sp³-hybridized carbons (Fsp3) is 0.733. The Morgan fingerprint density at radius 2 is 1.72 bits per heavy atom. The predicted octanol–water partition coefficient (Wildman–Crippen LogP) is 6.02. The van der Waals surface area contributed by atoms with Crippen LogP contribution in [-0.4, -0.2) is 23.3 Å². The van der Waals surface area contributed by atoms with Gasteiger partial charge in [-0.2, -0.15) is 0 Å². The van der Waals surface area contributed by atoms with Gasteiger partial charge in [-0.1, -0.05) is 53.2 Å². The molecule has 8 atom stereocenters. The van der Waals surface area contributed by atoms with Gasteiger partial charge in [0.05, 0.1) is 6.57 Å². The van der Waals surface area contributed by atoms with E-state index < -0.39 is 17.1 Å². The van der Waals surface area contributed by atoms with Gasteiger partial charge in [0.25, 0.3) is 0 Å². The number of hydrogen-bond donors (Lipinski definition) is 1. The molecule has 0 radical (unpaired) electrons. The van der Waals surface area contributed by atoms with Crippen molar-refractivity contribution >= 4 is 17.7 Å². The number of carbonyl (C=O) groups is 3. The van der Waals surface area contributed by atoms with E-state index >= 15 is 0 Å². The Bertz CT molecular complexity index is 1160. The lowest BCUT2D eigenvalue weighted by atomic mass is 9.36. The van der Waals surface area contributed by atoms with Gasteiger partial charge in [0.1, 0.15) is 5.60 Å². The molecule has 3 saturated carbocycles. The Morgan fingerprint density at radius 3 is 2.36 bits per heavy atom. The van der Waals surface area contributed by atoms with Gasteiger partial charge >= 0.3 is 6.09 Å². The van der Waals surface area contributed by atoms with E-state index in [2.05, 4.69) is 39.5 Å². The number of ether oxygens (including phenoxy) is 1. The van der Waals surface area contributed by atoms with Gasteiger partial charge in [-0.25, -0.2) is 9.64 Å². The topological polar surface area (TPSA) is 90.8 Å². The van der Waals surface area contributed by atoms with Crippen molar-refractivity contribution in [2.24, 2.45) is 51.1 Å². The second kappa shape index (κ2) is 7.55. The molecule has 36 heavy (non-hydrogen) atoms. The predicted molar refractivity (Wildman–Crippen MR) is 136 cm³/mol. The van der Waals surface area contributed by atoms with E-state index in [4.69, 9.17) is 17.0 Å². The second-order valence-electron chi connectivity index (χ2n) is 13.9. The molecular formula is C30H40N2O4. The molecular weight excluding hydrogens is 452 g/mol. The average molecular weight is 493 g/mol. The van der Waals surface area contributed by atoms with Crippen LogP contribution >= 0.6 is 0 Å². The largest absolute Gasteiger partial charge is 0.443 e. The van der Waals surface area contributed by atoms with Gasteiger partial charge < -0.3 is 15.3 Å². The standard InChI is InChI=1S/C30H40N2O4/c1-17-18-8-9-28(5)22(27(18,4)16-20(32-7)24(17)34)14-21(33)23-19-15-26(2,3)10-12-30(19,36-25(31)35)13-11-29(23,28)6/h14,16-19,23H,8-13,15H2,1-6H3,(H2,31,35)/t17-,18-,19-,23-,27-,28+,29+,30-/m0/s1. The van der Waals surface area contributed by atoms with E-state index in [0.717, 1.165) is 44.1 Å². The van der Waals surface area contributed by atoms with Crippen molar-refractivity contribution in [1.29, 1.82) is 0 Å². The molecule has 5 rings (SSSR count). The smallest absolute Gasteiger partial charge is 0.405 e. The van der Waals surface area contributed by atoms with Crippen LogP contribution in [0.15, 0.2) is 23.4 Å². The summed E-state index contributed by atoms with van der Waals surface area (Å²) in [5.41, 5.74) is 5.16. The minimum absolute atomic E-state index is 0.0503. The fourth-order valence-corrected chi connectivity index (χ4v) is 9.56. The molecule has 0 bridgehead atoms. The zero-order chi connectivity index (χ0) is 26.5. The summed E-state index contributed by atoms with van der Waals surface area (Å²) in [4.78, 5) is 42.8. The Balaban J connectivity index is 1.68. The highest BCUT2D eigenvalue weighted by molar-refractivity contribution is 6.01. The molecule has 194 valence electrons. The minimum Gasteiger partial charge on any atom is -0.443 e. The maximum Gasteiger partial charge on any atom is 0.405 e. The third kappa shape index (κ3) is 3.10. The highest BCUT2D eigenvalue weighted by atomic mass is 16.6. The summed E-state index contributed by atoms with van der Waals surface area (Å²) in [5, 5.41) is 0. The maximum absolute atomic E-state index is 14.2. The van der Waals surface area contributed by atoms with Gasteiger partial charge in [0, 0.05) is 23.2 Å². The summed E-state index contributed by atoms with van der Waals surface area (Å²) >= 11 is 0. The fourth-order valence-electron chi connectivity index (χ4n) is 9.56. The van der Waals surface area contributed by atoms with Crippen LogP contribution in [0.3, 0.4) is 0 Å². The first-order valence-electron chi connectivity index (χ1n) is 13.5. The van der Waals surface area contributed by atoms with Gasteiger partial charge in [-0.05, 0) is 73.2 Å². The summed E-state index contributed by atoms with van der Waals surface area (Å²) in [6, 6.07) is 0. The molecule has 0 saturated heterocycles. The SMILES string of the molecule is [C-]#[N+]C1=C[C@]2(C)C3=CC(=O)[C@@H]4[C@@H]5CC(C)(C)CC[C@]5(OC(N)=O)CC[C@@]4(C)[C@]3(C)CC[C@H]2[C@H](C)C1=O. The van der Waals surface area contributed by atoms with Crippen molar-refractivity contribution in [2.45, 2.75) is 92.1 Å². The molecule has 0 heterocycles. The molecule has 5 aliphatic rings. The van der Waals surface area contributed by atoms with Crippen molar-refractivity contribution in [2.75, 3.05) is 0 Å². The van der Waals surface area contributed by atoms with Crippen molar-refractivity contribution in [1.82, 2.24) is 0 Å². The number of carbonyl (C=O) groups excluding carboxylic acids is 3. The number of ketones is 2. The molecule has 0 aromatic rings. The zero-order valence-electron chi connectivity index (χ0n) is 22.6. The molecule has 3 fully saturated rings. The van der Waals surface area contributed by atoms with Crippen LogP contribution in [-0.2, 0) is 14.3 Å². The molecule has 0 unspecified atom stereocenters. The van der Waals surface area contributed by atoms with Crippen LogP contribution in [0, 0.1) is 51.9 Å². The van der Waals surface area contributed by atoms with E-state index in [0.29, 0.717) is 6.42 Å². The number of hydrogen-bond acceptors (Lipinski definition) is 4. The lowest BCUT2D eigenvalue weighted by molar-refractivity contribution is -0.193. The minimum atomic E-state index is -0.750. The third-order valence-corrected chi connectivity index (χ3v) is 11.7. The molecule has 0 aromatic carbocycles. The Labute approximate surface area is 214 Å². The van der Waals surface area contributed by atoms with E-state index in [9.17, 15) is 14.4 Å². The summed E-state index contributed by atoms with van der Waals surface area (Å²) < 4.78 is 5.93. The van der Waals surface area contributed by atoms with Crippen molar-refractivity contribution in [3.63, 3.8) is 0 Å². The van der Waals surface area contributed by atoms with Gasteiger partial charge in [-0.3, -0.25) is 4.79 Å². The van der Waals surface area contributed by atoms with Crippen molar-refractivity contribution in [3.05, 3.63) is 34.8 Å².